The van der Waals surface area contributed by atoms with Gasteiger partial charge in [-0.05, 0) is 31.2 Å². The van der Waals surface area contributed by atoms with Gasteiger partial charge in [0.15, 0.2) is 0 Å². The highest BCUT2D eigenvalue weighted by molar-refractivity contribution is 7.89. The molecule has 0 saturated carbocycles. The predicted octanol–water partition coefficient (Wildman–Crippen LogP) is 0.495. The maximum atomic E-state index is 12.6. The Morgan fingerprint density at radius 3 is 2.39 bits per heavy atom. The van der Waals surface area contributed by atoms with Crippen molar-refractivity contribution in [1.82, 2.24) is 10.0 Å². The molecule has 5 nitrogen and oxygen atoms in total. The Labute approximate surface area is 105 Å². The van der Waals surface area contributed by atoms with E-state index in [4.69, 9.17) is 0 Å². The Hall–Kier alpha value is -1.47. The van der Waals surface area contributed by atoms with Crippen LogP contribution in [0.2, 0.25) is 0 Å². The summed E-state index contributed by atoms with van der Waals surface area (Å²) < 4.78 is 37.1. The first-order chi connectivity index (χ1) is 8.44. The molecule has 0 unspecified atom stereocenters. The molecule has 0 aliphatic carbocycles. The minimum atomic E-state index is -3.24. The molecule has 0 spiro atoms. The summed E-state index contributed by atoms with van der Waals surface area (Å²) in [6, 6.07) is 5.10. The van der Waals surface area contributed by atoms with Crippen LogP contribution < -0.4 is 10.0 Å². The van der Waals surface area contributed by atoms with Crippen molar-refractivity contribution in [2.45, 2.75) is 6.92 Å². The zero-order valence-corrected chi connectivity index (χ0v) is 10.8. The molecule has 1 aromatic rings. The number of carbonyl (C=O) groups is 1. The van der Waals surface area contributed by atoms with E-state index < -0.39 is 15.8 Å². The van der Waals surface area contributed by atoms with Gasteiger partial charge in [0.25, 0.3) is 5.91 Å². The van der Waals surface area contributed by atoms with E-state index in [-0.39, 0.29) is 24.7 Å². The summed E-state index contributed by atoms with van der Waals surface area (Å²) in [5.74, 6) is -0.785. The molecule has 7 heteroatoms. The third-order valence-electron chi connectivity index (χ3n) is 2.22. The van der Waals surface area contributed by atoms with Crippen LogP contribution in [0.4, 0.5) is 4.39 Å². The molecule has 1 aromatic carbocycles. The Balaban J connectivity index is 2.36. The lowest BCUT2D eigenvalue weighted by molar-refractivity contribution is 0.0954. The predicted molar refractivity (Wildman–Crippen MR) is 66.2 cm³/mol. The summed E-state index contributed by atoms with van der Waals surface area (Å²) in [6.07, 6.45) is 0. The summed E-state index contributed by atoms with van der Waals surface area (Å²) in [6.45, 7) is 1.83. The van der Waals surface area contributed by atoms with Crippen LogP contribution in [-0.4, -0.2) is 33.2 Å². The molecular weight excluding hydrogens is 259 g/mol. The second kappa shape index (κ2) is 6.46. The third kappa shape index (κ3) is 4.80. The number of halogens is 1. The molecule has 0 aromatic heterocycles. The van der Waals surface area contributed by atoms with Crippen LogP contribution in [0, 0.1) is 5.82 Å². The van der Waals surface area contributed by atoms with Crippen molar-refractivity contribution in [1.29, 1.82) is 0 Å². The van der Waals surface area contributed by atoms with Gasteiger partial charge in [0.1, 0.15) is 5.82 Å². The van der Waals surface area contributed by atoms with Gasteiger partial charge in [-0.15, -0.1) is 0 Å². The normalized spacial score (nSPS) is 11.2. The smallest absolute Gasteiger partial charge is 0.251 e. The second-order valence-electron chi connectivity index (χ2n) is 3.56. The first kappa shape index (κ1) is 14.6. The van der Waals surface area contributed by atoms with E-state index in [0.717, 1.165) is 0 Å². The lowest BCUT2D eigenvalue weighted by Crippen LogP contribution is -2.35. The highest BCUT2D eigenvalue weighted by atomic mass is 32.2. The largest absolute Gasteiger partial charge is 0.351 e. The number of rotatable bonds is 6. The fourth-order valence-electron chi connectivity index (χ4n) is 1.19. The third-order valence-corrected chi connectivity index (χ3v) is 3.62. The van der Waals surface area contributed by atoms with Crippen molar-refractivity contribution < 1.29 is 17.6 Å². The van der Waals surface area contributed by atoms with Crippen LogP contribution in [-0.2, 0) is 10.0 Å². The number of hydrogen-bond donors (Lipinski definition) is 2. The Bertz CT molecular complexity index is 500. The number of carbonyl (C=O) groups excluding carboxylic acids is 1. The number of benzene rings is 1. The van der Waals surface area contributed by atoms with Crippen molar-refractivity contribution >= 4 is 15.9 Å². The molecule has 0 radical (unpaired) electrons. The first-order valence-corrected chi connectivity index (χ1v) is 7.11. The molecule has 0 atom stereocenters. The standard InChI is InChI=1S/C11H15FN2O3S/c1-2-18(16,17)14-8-7-13-11(15)9-3-5-10(12)6-4-9/h3-6,14H,2,7-8H2,1H3,(H,13,15). The highest BCUT2D eigenvalue weighted by Gasteiger charge is 2.07. The fraction of sp³-hybridized carbons (Fsp3) is 0.364. The monoisotopic (exact) mass is 274 g/mol. The average Bonchev–Trinajstić information content (AvgIpc) is 2.35. The summed E-state index contributed by atoms with van der Waals surface area (Å²) in [7, 11) is -3.24. The van der Waals surface area contributed by atoms with Crippen LogP contribution in [0.15, 0.2) is 24.3 Å². The average molecular weight is 274 g/mol. The van der Waals surface area contributed by atoms with Crippen LogP contribution in [0.3, 0.4) is 0 Å². The second-order valence-corrected chi connectivity index (χ2v) is 5.66. The number of sulfonamides is 1. The van der Waals surface area contributed by atoms with Gasteiger partial charge in [-0.3, -0.25) is 4.79 Å². The first-order valence-electron chi connectivity index (χ1n) is 5.45. The van der Waals surface area contributed by atoms with Gasteiger partial charge < -0.3 is 5.32 Å². The van der Waals surface area contributed by atoms with Gasteiger partial charge in [-0.2, -0.15) is 0 Å². The number of nitrogens with one attached hydrogen (secondary N) is 2. The molecule has 0 aliphatic heterocycles. The number of hydrogen-bond acceptors (Lipinski definition) is 3. The minimum absolute atomic E-state index is 0.00108. The molecule has 0 saturated heterocycles. The van der Waals surface area contributed by atoms with Crippen molar-refractivity contribution in [3.63, 3.8) is 0 Å². The summed E-state index contributed by atoms with van der Waals surface area (Å²) >= 11 is 0. The molecule has 2 N–H and O–H groups in total. The molecule has 18 heavy (non-hydrogen) atoms. The zero-order chi connectivity index (χ0) is 13.6. The van der Waals surface area contributed by atoms with E-state index in [2.05, 4.69) is 10.0 Å². The maximum absolute atomic E-state index is 12.6. The van der Waals surface area contributed by atoms with E-state index in [1.807, 2.05) is 0 Å². The highest BCUT2D eigenvalue weighted by Crippen LogP contribution is 2.01. The van der Waals surface area contributed by atoms with Gasteiger partial charge in [-0.1, -0.05) is 0 Å². The van der Waals surface area contributed by atoms with Gasteiger partial charge in [0.05, 0.1) is 5.75 Å². The molecule has 1 rings (SSSR count). The molecule has 0 heterocycles. The summed E-state index contributed by atoms with van der Waals surface area (Å²) in [4.78, 5) is 11.5. The lowest BCUT2D eigenvalue weighted by Gasteiger charge is -2.06. The van der Waals surface area contributed by atoms with E-state index in [1.165, 1.54) is 31.2 Å². The maximum Gasteiger partial charge on any atom is 0.251 e. The van der Waals surface area contributed by atoms with Crippen molar-refractivity contribution in [3.05, 3.63) is 35.6 Å². The van der Waals surface area contributed by atoms with Gasteiger partial charge in [0, 0.05) is 18.7 Å². The van der Waals surface area contributed by atoms with Gasteiger partial charge >= 0.3 is 0 Å². The van der Waals surface area contributed by atoms with E-state index >= 15 is 0 Å². The summed E-state index contributed by atoms with van der Waals surface area (Å²) in [5.41, 5.74) is 0.328. The molecule has 0 aliphatic rings. The van der Waals surface area contributed by atoms with Gasteiger partial charge in [0.2, 0.25) is 10.0 Å². The minimum Gasteiger partial charge on any atom is -0.351 e. The Morgan fingerprint density at radius 2 is 1.83 bits per heavy atom. The Morgan fingerprint density at radius 1 is 1.22 bits per heavy atom. The van der Waals surface area contributed by atoms with E-state index in [1.54, 1.807) is 0 Å². The number of amides is 1. The molecule has 0 bridgehead atoms. The molecule has 1 amide bonds. The summed E-state index contributed by atoms with van der Waals surface area (Å²) in [5, 5.41) is 2.53. The molecule has 100 valence electrons. The lowest BCUT2D eigenvalue weighted by atomic mass is 10.2. The van der Waals surface area contributed by atoms with Crippen molar-refractivity contribution in [2.75, 3.05) is 18.8 Å². The Kier molecular flexibility index (Phi) is 5.24. The van der Waals surface area contributed by atoms with Crippen LogP contribution in [0.25, 0.3) is 0 Å². The molecular formula is C11H15FN2O3S. The SMILES string of the molecule is CCS(=O)(=O)NCCNC(=O)c1ccc(F)cc1. The van der Waals surface area contributed by atoms with E-state index in [0.29, 0.717) is 5.56 Å². The fourth-order valence-corrected chi connectivity index (χ4v) is 1.81. The van der Waals surface area contributed by atoms with Crippen LogP contribution in [0.5, 0.6) is 0 Å². The quantitative estimate of drug-likeness (QED) is 0.742. The van der Waals surface area contributed by atoms with Crippen molar-refractivity contribution in [3.8, 4) is 0 Å². The topological polar surface area (TPSA) is 75.3 Å². The van der Waals surface area contributed by atoms with Crippen molar-refractivity contribution in [2.24, 2.45) is 0 Å². The van der Waals surface area contributed by atoms with E-state index in [9.17, 15) is 17.6 Å². The van der Waals surface area contributed by atoms with Crippen LogP contribution in [0.1, 0.15) is 17.3 Å². The zero-order valence-electron chi connectivity index (χ0n) is 9.94. The van der Waals surface area contributed by atoms with Gasteiger partial charge in [-0.25, -0.2) is 17.5 Å². The van der Waals surface area contributed by atoms with Crippen LogP contribution >= 0.6 is 0 Å². The molecule has 0 fully saturated rings.